The highest BCUT2D eigenvalue weighted by atomic mass is 16.3. The number of ketones is 1. The molecule has 1 amide bonds. The molecule has 1 aliphatic heterocycles. The topological polar surface area (TPSA) is 53.8 Å². The number of Topliss-reactive ketones (excluding diaryl/α,β-unsaturated/α-hetero) is 1. The van der Waals surface area contributed by atoms with Crippen molar-refractivity contribution in [2.24, 2.45) is 0 Å². The van der Waals surface area contributed by atoms with Crippen LogP contribution in [0.4, 0.5) is 0 Å². The van der Waals surface area contributed by atoms with Crippen LogP contribution in [0.1, 0.15) is 56.2 Å². The van der Waals surface area contributed by atoms with Crippen LogP contribution in [-0.4, -0.2) is 48.2 Å². The highest BCUT2D eigenvalue weighted by molar-refractivity contribution is 6.09. The van der Waals surface area contributed by atoms with E-state index in [0.29, 0.717) is 35.6 Å². The van der Waals surface area contributed by atoms with E-state index < -0.39 is 0 Å². The maximum Gasteiger partial charge on any atom is 0.257 e. The van der Waals surface area contributed by atoms with Gasteiger partial charge in [0.25, 0.3) is 5.91 Å². The van der Waals surface area contributed by atoms with Gasteiger partial charge >= 0.3 is 0 Å². The Labute approximate surface area is 159 Å². The van der Waals surface area contributed by atoms with Crippen molar-refractivity contribution in [2.75, 3.05) is 20.6 Å². The van der Waals surface area contributed by atoms with Crippen molar-refractivity contribution in [1.29, 1.82) is 0 Å². The van der Waals surface area contributed by atoms with Gasteiger partial charge in [0.05, 0.1) is 11.1 Å². The van der Waals surface area contributed by atoms with E-state index in [4.69, 9.17) is 4.42 Å². The van der Waals surface area contributed by atoms with Gasteiger partial charge in [0, 0.05) is 39.0 Å². The van der Waals surface area contributed by atoms with E-state index in [-0.39, 0.29) is 17.7 Å². The Kier molecular flexibility index (Phi) is 4.64. The van der Waals surface area contributed by atoms with E-state index in [9.17, 15) is 9.59 Å². The Balaban J connectivity index is 1.54. The Morgan fingerprint density at radius 2 is 2.00 bits per heavy atom. The van der Waals surface area contributed by atoms with Gasteiger partial charge in [-0.05, 0) is 37.9 Å². The Hall–Kier alpha value is -2.40. The molecule has 142 valence electrons. The number of carbonyl (C=O) groups excluding carboxylic acids is 2. The first-order valence-corrected chi connectivity index (χ1v) is 9.63. The Bertz CT molecular complexity index is 899. The highest BCUT2D eigenvalue weighted by Gasteiger charge is 2.33. The third kappa shape index (κ3) is 3.21. The summed E-state index contributed by atoms with van der Waals surface area (Å²) in [4.78, 5) is 29.6. The maximum atomic E-state index is 13.2. The molecule has 0 N–H and O–H groups in total. The van der Waals surface area contributed by atoms with Crippen molar-refractivity contribution in [1.82, 2.24) is 9.80 Å². The predicted molar refractivity (Wildman–Crippen MR) is 103 cm³/mol. The largest absolute Gasteiger partial charge is 0.465 e. The van der Waals surface area contributed by atoms with E-state index in [1.807, 2.05) is 7.05 Å². The minimum absolute atomic E-state index is 0.0357. The normalized spacial score (nSPS) is 19.5. The molecule has 2 aromatic rings. The molecule has 0 fully saturated rings. The van der Waals surface area contributed by atoms with Gasteiger partial charge in [-0.2, -0.15) is 0 Å². The molecule has 0 saturated carbocycles. The summed E-state index contributed by atoms with van der Waals surface area (Å²) in [6.07, 6.45) is 2.96. The third-order valence-corrected chi connectivity index (χ3v) is 5.91. The number of nitrogens with zero attached hydrogens (tertiary/aromatic N) is 2. The standard InChI is InChI=1S/C22H26N2O3/c1-14-20(21-18(25)9-6-10-19(21)27-14)22(26)24(3)13-17-11-15-7-4-5-8-16(15)12-23(17)2/h4-5,7-8,17H,6,9-13H2,1-3H3. The first-order valence-electron chi connectivity index (χ1n) is 9.63. The second-order valence-corrected chi connectivity index (χ2v) is 7.84. The lowest BCUT2D eigenvalue weighted by Crippen LogP contribution is -2.46. The molecule has 0 saturated heterocycles. The maximum absolute atomic E-state index is 13.2. The number of fused-ring (bicyclic) bond motifs is 2. The number of likely N-dealkylation sites (N-methyl/N-ethyl adjacent to an activating group) is 2. The van der Waals surface area contributed by atoms with Gasteiger partial charge in [-0.25, -0.2) is 0 Å². The van der Waals surface area contributed by atoms with Crippen LogP contribution in [0.2, 0.25) is 0 Å². The van der Waals surface area contributed by atoms with Crippen molar-refractivity contribution < 1.29 is 14.0 Å². The summed E-state index contributed by atoms with van der Waals surface area (Å²) < 4.78 is 5.76. The van der Waals surface area contributed by atoms with Crippen molar-refractivity contribution in [3.05, 3.63) is 58.0 Å². The number of hydrogen-bond donors (Lipinski definition) is 0. The second-order valence-electron chi connectivity index (χ2n) is 7.84. The molecule has 1 atom stereocenters. The number of rotatable bonds is 3. The summed E-state index contributed by atoms with van der Waals surface area (Å²) in [6.45, 7) is 3.30. The average molecular weight is 366 g/mol. The van der Waals surface area contributed by atoms with Gasteiger partial charge in [-0.15, -0.1) is 0 Å². The molecule has 1 unspecified atom stereocenters. The van der Waals surface area contributed by atoms with Crippen LogP contribution in [-0.2, 0) is 19.4 Å². The summed E-state index contributed by atoms with van der Waals surface area (Å²) in [7, 11) is 3.93. The molecule has 1 aromatic carbocycles. The van der Waals surface area contributed by atoms with E-state index >= 15 is 0 Å². The first-order chi connectivity index (χ1) is 13.0. The van der Waals surface area contributed by atoms with Crippen LogP contribution < -0.4 is 0 Å². The molecule has 27 heavy (non-hydrogen) atoms. The number of furan rings is 1. The number of carbonyl (C=O) groups is 2. The number of benzene rings is 1. The Morgan fingerprint density at radius 3 is 2.78 bits per heavy atom. The molecule has 1 aromatic heterocycles. The van der Waals surface area contributed by atoms with Crippen molar-refractivity contribution in [3.8, 4) is 0 Å². The van der Waals surface area contributed by atoms with Crippen LogP contribution in [0.3, 0.4) is 0 Å². The van der Waals surface area contributed by atoms with Gasteiger partial charge in [0.1, 0.15) is 11.5 Å². The summed E-state index contributed by atoms with van der Waals surface area (Å²) >= 11 is 0. The lowest BCUT2D eigenvalue weighted by molar-refractivity contribution is 0.0727. The fourth-order valence-corrected chi connectivity index (χ4v) is 4.38. The van der Waals surface area contributed by atoms with E-state index in [1.54, 1.807) is 11.8 Å². The summed E-state index contributed by atoms with van der Waals surface area (Å²) in [5.74, 6) is 1.17. The molecule has 5 heteroatoms. The van der Waals surface area contributed by atoms with Crippen LogP contribution in [0, 0.1) is 6.92 Å². The zero-order valence-electron chi connectivity index (χ0n) is 16.2. The molecule has 0 bridgehead atoms. The van der Waals surface area contributed by atoms with Crippen molar-refractivity contribution >= 4 is 11.7 Å². The van der Waals surface area contributed by atoms with Crippen molar-refractivity contribution in [3.63, 3.8) is 0 Å². The van der Waals surface area contributed by atoms with Crippen molar-refractivity contribution in [2.45, 2.75) is 45.2 Å². The number of aryl methyl sites for hydroxylation is 2. The number of hydrogen-bond acceptors (Lipinski definition) is 4. The molecule has 0 spiro atoms. The number of amides is 1. The minimum atomic E-state index is -0.111. The minimum Gasteiger partial charge on any atom is -0.465 e. The highest BCUT2D eigenvalue weighted by Crippen LogP contribution is 2.31. The molecule has 2 heterocycles. The molecule has 0 radical (unpaired) electrons. The summed E-state index contributed by atoms with van der Waals surface area (Å²) in [5, 5.41) is 0. The van der Waals surface area contributed by atoms with Crippen LogP contribution >= 0.6 is 0 Å². The van der Waals surface area contributed by atoms with Gasteiger partial charge in [-0.1, -0.05) is 24.3 Å². The van der Waals surface area contributed by atoms with Gasteiger partial charge in [0.2, 0.25) is 0 Å². The average Bonchev–Trinajstić information content (AvgIpc) is 2.99. The van der Waals surface area contributed by atoms with E-state index in [0.717, 1.165) is 25.8 Å². The van der Waals surface area contributed by atoms with Gasteiger partial charge in [-0.3, -0.25) is 14.5 Å². The molecule has 2 aliphatic rings. The third-order valence-electron chi connectivity index (χ3n) is 5.91. The smallest absolute Gasteiger partial charge is 0.257 e. The fraction of sp³-hybridized carbons (Fsp3) is 0.455. The van der Waals surface area contributed by atoms with Gasteiger partial charge in [0.15, 0.2) is 5.78 Å². The molecular formula is C22H26N2O3. The summed E-state index contributed by atoms with van der Waals surface area (Å²) in [6, 6.07) is 8.75. The first kappa shape index (κ1) is 18.0. The zero-order valence-corrected chi connectivity index (χ0v) is 16.2. The van der Waals surface area contributed by atoms with E-state index in [2.05, 4.69) is 36.2 Å². The van der Waals surface area contributed by atoms with E-state index in [1.165, 1.54) is 11.1 Å². The molecular weight excluding hydrogens is 340 g/mol. The lowest BCUT2D eigenvalue weighted by atomic mass is 9.92. The molecule has 4 rings (SSSR count). The monoisotopic (exact) mass is 366 g/mol. The van der Waals surface area contributed by atoms with Gasteiger partial charge < -0.3 is 9.32 Å². The fourth-order valence-electron chi connectivity index (χ4n) is 4.38. The van der Waals surface area contributed by atoms with Crippen LogP contribution in [0.25, 0.3) is 0 Å². The Morgan fingerprint density at radius 1 is 1.26 bits per heavy atom. The molecule has 1 aliphatic carbocycles. The SMILES string of the molecule is Cc1oc2c(c1C(=O)N(C)CC1Cc3ccccc3CN1C)C(=O)CCC2. The van der Waals surface area contributed by atoms with Crippen LogP contribution in [0.5, 0.6) is 0 Å². The molecule has 5 nitrogen and oxygen atoms in total. The lowest BCUT2D eigenvalue weighted by Gasteiger charge is -2.36. The van der Waals surface area contributed by atoms with Crippen LogP contribution in [0.15, 0.2) is 28.7 Å². The zero-order chi connectivity index (χ0) is 19.1. The quantitative estimate of drug-likeness (QED) is 0.837. The summed E-state index contributed by atoms with van der Waals surface area (Å²) in [5.41, 5.74) is 3.71. The predicted octanol–water partition coefficient (Wildman–Crippen LogP) is 3.24. The second kappa shape index (κ2) is 6.97.